The van der Waals surface area contributed by atoms with E-state index in [9.17, 15) is 9.90 Å². The Bertz CT molecular complexity index is 381. The van der Waals surface area contributed by atoms with E-state index in [1.54, 1.807) is 0 Å². The van der Waals surface area contributed by atoms with Crippen LogP contribution >= 0.6 is 0 Å². The van der Waals surface area contributed by atoms with Gasteiger partial charge in [0.2, 0.25) is 5.91 Å². The van der Waals surface area contributed by atoms with Crippen LogP contribution in [0.3, 0.4) is 0 Å². The van der Waals surface area contributed by atoms with Gasteiger partial charge in [-0.15, -0.1) is 0 Å². The number of hydrogen-bond donors (Lipinski definition) is 2. The van der Waals surface area contributed by atoms with Gasteiger partial charge in [-0.3, -0.25) is 4.79 Å². The van der Waals surface area contributed by atoms with Crippen LogP contribution in [-0.2, 0) is 11.2 Å². The zero-order valence-electron chi connectivity index (χ0n) is 9.66. The minimum Gasteiger partial charge on any atom is -0.511 e. The first kappa shape index (κ1) is 12.3. The summed E-state index contributed by atoms with van der Waals surface area (Å²) >= 11 is 0. The topological polar surface area (TPSA) is 49.3 Å². The molecule has 0 aromatic heterocycles. The van der Waals surface area contributed by atoms with Crippen LogP contribution in [0, 0.1) is 6.92 Å². The van der Waals surface area contributed by atoms with E-state index in [1.165, 1.54) is 12.5 Å². The van der Waals surface area contributed by atoms with Gasteiger partial charge in [0.05, 0.1) is 6.04 Å². The summed E-state index contributed by atoms with van der Waals surface area (Å²) in [5, 5.41) is 12.0. The Hall–Kier alpha value is -1.77. The van der Waals surface area contributed by atoms with Crippen molar-refractivity contribution in [2.45, 2.75) is 26.3 Å². The maximum Gasteiger partial charge on any atom is 0.217 e. The SMILES string of the molecule is C=C(O)[C@H](Cc1ccc(C)cc1)NC(C)=O. The summed E-state index contributed by atoms with van der Waals surface area (Å²) in [7, 11) is 0. The largest absolute Gasteiger partial charge is 0.511 e. The molecule has 0 saturated carbocycles. The van der Waals surface area contributed by atoms with E-state index in [0.29, 0.717) is 6.42 Å². The van der Waals surface area contributed by atoms with E-state index in [1.807, 2.05) is 31.2 Å². The molecule has 1 aromatic rings. The molecule has 0 bridgehead atoms. The second-order valence-corrected chi connectivity index (χ2v) is 3.93. The Morgan fingerprint density at radius 1 is 1.44 bits per heavy atom. The number of amides is 1. The van der Waals surface area contributed by atoms with E-state index >= 15 is 0 Å². The number of carbonyl (C=O) groups is 1. The molecule has 3 heteroatoms. The first-order valence-electron chi connectivity index (χ1n) is 5.19. The smallest absolute Gasteiger partial charge is 0.217 e. The Balaban J connectivity index is 2.71. The Morgan fingerprint density at radius 2 is 2.00 bits per heavy atom. The van der Waals surface area contributed by atoms with Gasteiger partial charge >= 0.3 is 0 Å². The van der Waals surface area contributed by atoms with Crippen molar-refractivity contribution < 1.29 is 9.90 Å². The predicted molar refractivity (Wildman–Crippen MR) is 64.3 cm³/mol. The molecule has 1 atom stereocenters. The van der Waals surface area contributed by atoms with Crippen LogP contribution in [0.2, 0.25) is 0 Å². The lowest BCUT2D eigenvalue weighted by atomic mass is 10.0. The van der Waals surface area contributed by atoms with Crippen molar-refractivity contribution in [1.29, 1.82) is 0 Å². The Kier molecular flexibility index (Phi) is 4.11. The van der Waals surface area contributed by atoms with Crippen LogP contribution in [0.4, 0.5) is 0 Å². The fourth-order valence-electron chi connectivity index (χ4n) is 1.46. The molecule has 0 aliphatic heterocycles. The number of aliphatic hydroxyl groups excluding tert-OH is 1. The summed E-state index contributed by atoms with van der Waals surface area (Å²) in [5.74, 6) is -0.192. The summed E-state index contributed by atoms with van der Waals surface area (Å²) in [4.78, 5) is 10.9. The highest BCUT2D eigenvalue weighted by atomic mass is 16.3. The normalized spacial score (nSPS) is 11.9. The molecule has 86 valence electrons. The lowest BCUT2D eigenvalue weighted by molar-refractivity contribution is -0.119. The van der Waals surface area contributed by atoms with E-state index in [4.69, 9.17) is 0 Å². The molecule has 0 radical (unpaired) electrons. The molecular weight excluding hydrogens is 202 g/mol. The highest BCUT2D eigenvalue weighted by Crippen LogP contribution is 2.09. The highest BCUT2D eigenvalue weighted by Gasteiger charge is 2.13. The van der Waals surface area contributed by atoms with Crippen molar-refractivity contribution in [2.24, 2.45) is 0 Å². The third kappa shape index (κ3) is 3.77. The molecule has 0 unspecified atom stereocenters. The number of hydrogen-bond acceptors (Lipinski definition) is 2. The number of benzene rings is 1. The van der Waals surface area contributed by atoms with Crippen LogP contribution in [0.15, 0.2) is 36.6 Å². The molecule has 16 heavy (non-hydrogen) atoms. The molecular formula is C13H17NO2. The number of rotatable bonds is 4. The lowest BCUT2D eigenvalue weighted by Gasteiger charge is -2.16. The number of nitrogens with one attached hydrogen (secondary N) is 1. The van der Waals surface area contributed by atoms with Gasteiger partial charge in [0.25, 0.3) is 0 Å². The van der Waals surface area contributed by atoms with Crippen molar-refractivity contribution in [1.82, 2.24) is 5.32 Å². The van der Waals surface area contributed by atoms with E-state index in [2.05, 4.69) is 11.9 Å². The molecule has 1 rings (SSSR count). The summed E-state index contributed by atoms with van der Waals surface area (Å²) in [6.45, 7) is 6.90. The summed E-state index contributed by atoms with van der Waals surface area (Å²) in [6.07, 6.45) is 0.551. The maximum absolute atomic E-state index is 10.9. The first-order chi connectivity index (χ1) is 7.49. The predicted octanol–water partition coefficient (Wildman–Crippen LogP) is 2.11. The maximum atomic E-state index is 10.9. The molecule has 0 heterocycles. The molecule has 0 saturated heterocycles. The van der Waals surface area contributed by atoms with Crippen molar-refractivity contribution in [3.05, 3.63) is 47.7 Å². The van der Waals surface area contributed by atoms with Gasteiger partial charge in [0.1, 0.15) is 5.76 Å². The van der Waals surface area contributed by atoms with Crippen LogP contribution in [0.5, 0.6) is 0 Å². The molecule has 1 aromatic carbocycles. The molecule has 0 spiro atoms. The van der Waals surface area contributed by atoms with Gasteiger partial charge in [0, 0.05) is 6.92 Å². The van der Waals surface area contributed by atoms with E-state index in [0.717, 1.165) is 5.56 Å². The average molecular weight is 219 g/mol. The van der Waals surface area contributed by atoms with Crippen molar-refractivity contribution in [2.75, 3.05) is 0 Å². The molecule has 0 fully saturated rings. The first-order valence-corrected chi connectivity index (χ1v) is 5.19. The quantitative estimate of drug-likeness (QED) is 0.762. The summed E-state index contributed by atoms with van der Waals surface area (Å²) < 4.78 is 0. The molecule has 3 nitrogen and oxygen atoms in total. The minimum absolute atomic E-state index is 0.0178. The monoisotopic (exact) mass is 219 g/mol. The fraction of sp³-hybridized carbons (Fsp3) is 0.308. The average Bonchev–Trinajstić information content (AvgIpc) is 2.19. The zero-order valence-corrected chi connectivity index (χ0v) is 9.66. The van der Waals surface area contributed by atoms with Crippen LogP contribution < -0.4 is 5.32 Å². The van der Waals surface area contributed by atoms with Crippen molar-refractivity contribution in [3.63, 3.8) is 0 Å². The second kappa shape index (κ2) is 5.35. The molecule has 1 amide bonds. The molecule has 0 aliphatic carbocycles. The molecule has 2 N–H and O–H groups in total. The van der Waals surface area contributed by atoms with Crippen LogP contribution in [0.25, 0.3) is 0 Å². The number of aliphatic hydroxyl groups is 1. The standard InChI is InChI=1S/C13H17NO2/c1-9-4-6-12(7-5-9)8-13(10(2)15)14-11(3)16/h4-7,13,15H,2,8H2,1,3H3,(H,14,16)/t13-/m0/s1. The van der Waals surface area contributed by atoms with Gasteiger partial charge in [-0.05, 0) is 18.9 Å². The Morgan fingerprint density at radius 3 is 2.44 bits per heavy atom. The second-order valence-electron chi connectivity index (χ2n) is 3.93. The third-order valence-electron chi connectivity index (χ3n) is 2.34. The summed E-state index contributed by atoms with van der Waals surface area (Å²) in [6, 6.07) is 7.54. The van der Waals surface area contributed by atoms with Crippen molar-refractivity contribution >= 4 is 5.91 Å². The van der Waals surface area contributed by atoms with Crippen LogP contribution in [0.1, 0.15) is 18.1 Å². The fourth-order valence-corrected chi connectivity index (χ4v) is 1.46. The van der Waals surface area contributed by atoms with Gasteiger partial charge in [-0.2, -0.15) is 0 Å². The van der Waals surface area contributed by atoms with Crippen molar-refractivity contribution in [3.8, 4) is 0 Å². The Labute approximate surface area is 95.8 Å². The number of aryl methyl sites for hydroxylation is 1. The summed E-state index contributed by atoms with van der Waals surface area (Å²) in [5.41, 5.74) is 2.24. The van der Waals surface area contributed by atoms with Crippen LogP contribution in [-0.4, -0.2) is 17.1 Å². The number of carbonyl (C=O) groups excluding carboxylic acids is 1. The van der Waals surface area contributed by atoms with Gasteiger partial charge in [-0.25, -0.2) is 0 Å². The van der Waals surface area contributed by atoms with Gasteiger partial charge < -0.3 is 10.4 Å². The minimum atomic E-state index is -0.416. The zero-order chi connectivity index (χ0) is 12.1. The van der Waals surface area contributed by atoms with Gasteiger partial charge in [0.15, 0.2) is 0 Å². The van der Waals surface area contributed by atoms with E-state index in [-0.39, 0.29) is 11.7 Å². The lowest BCUT2D eigenvalue weighted by Crippen LogP contribution is -2.36. The van der Waals surface area contributed by atoms with E-state index < -0.39 is 6.04 Å². The third-order valence-corrected chi connectivity index (χ3v) is 2.34. The molecule has 0 aliphatic rings. The van der Waals surface area contributed by atoms with Gasteiger partial charge in [-0.1, -0.05) is 36.4 Å². The highest BCUT2D eigenvalue weighted by molar-refractivity contribution is 5.73.